The lowest BCUT2D eigenvalue weighted by Gasteiger charge is -2.08. The molecule has 1 amide bonds. The number of para-hydroxylation sites is 1. The van der Waals surface area contributed by atoms with Gasteiger partial charge in [-0.3, -0.25) is 9.78 Å². The number of amides is 1. The summed E-state index contributed by atoms with van der Waals surface area (Å²) in [6.07, 6.45) is 4.58. The van der Waals surface area contributed by atoms with Gasteiger partial charge in [0.1, 0.15) is 5.69 Å². The molecule has 1 aromatic carbocycles. The highest BCUT2D eigenvalue weighted by Gasteiger charge is 2.07. The van der Waals surface area contributed by atoms with Crippen molar-refractivity contribution in [2.24, 2.45) is 0 Å². The third-order valence-corrected chi connectivity index (χ3v) is 3.98. The highest BCUT2D eigenvalue weighted by atomic mass is 16.5. The van der Waals surface area contributed by atoms with Gasteiger partial charge in [0.15, 0.2) is 0 Å². The van der Waals surface area contributed by atoms with Gasteiger partial charge in [-0.05, 0) is 30.2 Å². The lowest BCUT2D eigenvalue weighted by Crippen LogP contribution is -2.27. The van der Waals surface area contributed by atoms with Gasteiger partial charge in [0.2, 0.25) is 0 Å². The summed E-state index contributed by atoms with van der Waals surface area (Å²) in [7, 11) is 1.60. The molecule has 3 aromatic rings. The first kappa shape index (κ1) is 17.0. The van der Waals surface area contributed by atoms with Gasteiger partial charge in [-0.25, -0.2) is 0 Å². The summed E-state index contributed by atoms with van der Waals surface area (Å²) in [5.41, 5.74) is 3.70. The molecule has 0 aliphatic rings. The third kappa shape index (κ3) is 4.36. The number of pyridine rings is 1. The number of carbonyl (C=O) groups excluding carboxylic acids is 1. The second-order valence-electron chi connectivity index (χ2n) is 5.71. The molecule has 0 bridgehead atoms. The van der Waals surface area contributed by atoms with Crippen molar-refractivity contribution < 1.29 is 9.53 Å². The molecular weight excluding hydrogens is 316 g/mol. The largest absolute Gasteiger partial charge is 0.385 e. The monoisotopic (exact) mass is 338 g/mol. The highest BCUT2D eigenvalue weighted by Crippen LogP contribution is 2.18. The van der Waals surface area contributed by atoms with E-state index in [2.05, 4.69) is 32.7 Å². The van der Waals surface area contributed by atoms with Crippen LogP contribution in [0.4, 0.5) is 5.69 Å². The van der Waals surface area contributed by atoms with Crippen LogP contribution in [0.3, 0.4) is 0 Å². The van der Waals surface area contributed by atoms with Gasteiger partial charge in [-0.2, -0.15) is 0 Å². The first-order chi connectivity index (χ1) is 12.3. The third-order valence-electron chi connectivity index (χ3n) is 3.98. The molecule has 25 heavy (non-hydrogen) atoms. The molecule has 0 fully saturated rings. The van der Waals surface area contributed by atoms with Crippen LogP contribution in [-0.4, -0.2) is 42.7 Å². The average molecular weight is 338 g/mol. The number of rotatable bonds is 8. The Kier molecular flexibility index (Phi) is 5.64. The van der Waals surface area contributed by atoms with Crippen LogP contribution in [0.5, 0.6) is 0 Å². The van der Waals surface area contributed by atoms with E-state index in [1.54, 1.807) is 19.4 Å². The molecule has 2 heterocycles. The maximum atomic E-state index is 12.0. The fourth-order valence-corrected chi connectivity index (χ4v) is 2.70. The van der Waals surface area contributed by atoms with Crippen LogP contribution in [-0.2, 0) is 11.2 Å². The Morgan fingerprint density at radius 3 is 3.00 bits per heavy atom. The number of benzene rings is 1. The molecule has 130 valence electrons. The number of ether oxygens (including phenoxy) is 1. The van der Waals surface area contributed by atoms with Crippen molar-refractivity contribution in [2.75, 3.05) is 32.1 Å². The van der Waals surface area contributed by atoms with Crippen molar-refractivity contribution in [1.29, 1.82) is 0 Å². The van der Waals surface area contributed by atoms with E-state index >= 15 is 0 Å². The minimum Gasteiger partial charge on any atom is -0.385 e. The number of fused-ring (bicyclic) bond motifs is 1. The summed E-state index contributed by atoms with van der Waals surface area (Å²) in [5, 5.41) is 7.37. The van der Waals surface area contributed by atoms with Gasteiger partial charge in [-0.1, -0.05) is 18.2 Å². The van der Waals surface area contributed by atoms with E-state index in [1.807, 2.05) is 24.4 Å². The Balaban J connectivity index is 1.56. The van der Waals surface area contributed by atoms with E-state index in [1.165, 1.54) is 10.9 Å². The van der Waals surface area contributed by atoms with Crippen molar-refractivity contribution in [2.45, 2.75) is 6.42 Å². The van der Waals surface area contributed by atoms with E-state index in [-0.39, 0.29) is 5.91 Å². The molecule has 0 aliphatic heterocycles. The molecule has 3 N–H and O–H groups in total. The predicted octanol–water partition coefficient (Wildman–Crippen LogP) is 2.59. The topological polar surface area (TPSA) is 79.0 Å². The minimum absolute atomic E-state index is 0.197. The van der Waals surface area contributed by atoms with Crippen LogP contribution in [0.2, 0.25) is 0 Å². The second-order valence-corrected chi connectivity index (χ2v) is 5.71. The second kappa shape index (κ2) is 8.30. The quantitative estimate of drug-likeness (QED) is 0.552. The molecule has 0 radical (unpaired) electrons. The van der Waals surface area contributed by atoms with Crippen LogP contribution in [0.1, 0.15) is 16.1 Å². The molecule has 0 unspecified atom stereocenters. The average Bonchev–Trinajstić information content (AvgIpc) is 3.05. The molecule has 6 nitrogen and oxygen atoms in total. The zero-order chi connectivity index (χ0) is 17.5. The Morgan fingerprint density at radius 2 is 2.12 bits per heavy atom. The van der Waals surface area contributed by atoms with Crippen LogP contribution in [0.15, 0.2) is 48.8 Å². The van der Waals surface area contributed by atoms with E-state index in [0.717, 1.165) is 24.2 Å². The first-order valence-corrected chi connectivity index (χ1v) is 8.30. The summed E-state index contributed by atoms with van der Waals surface area (Å²) in [5.74, 6) is -0.197. The fraction of sp³-hybridized carbons (Fsp3) is 0.263. The maximum absolute atomic E-state index is 12.0. The number of anilines is 1. The summed E-state index contributed by atoms with van der Waals surface area (Å²) >= 11 is 0. The van der Waals surface area contributed by atoms with Crippen LogP contribution in [0, 0.1) is 0 Å². The number of nitrogens with one attached hydrogen (secondary N) is 3. The molecule has 0 aliphatic carbocycles. The number of hydrogen-bond acceptors (Lipinski definition) is 4. The Bertz CT molecular complexity index is 844. The van der Waals surface area contributed by atoms with Gasteiger partial charge in [0.05, 0.1) is 6.61 Å². The number of nitrogens with zero attached hydrogens (tertiary/aromatic N) is 1. The number of aromatic amines is 1. The summed E-state index contributed by atoms with van der Waals surface area (Å²) in [4.78, 5) is 19.4. The van der Waals surface area contributed by atoms with Crippen LogP contribution in [0.25, 0.3) is 10.9 Å². The van der Waals surface area contributed by atoms with E-state index in [9.17, 15) is 4.79 Å². The number of H-pyrrole nitrogens is 1. The van der Waals surface area contributed by atoms with Crippen molar-refractivity contribution in [3.05, 3.63) is 60.0 Å². The van der Waals surface area contributed by atoms with Gasteiger partial charge in [-0.15, -0.1) is 0 Å². The van der Waals surface area contributed by atoms with Crippen LogP contribution >= 0.6 is 0 Å². The molecule has 0 atom stereocenters. The molecule has 2 aromatic heterocycles. The van der Waals surface area contributed by atoms with E-state index in [4.69, 9.17) is 4.74 Å². The summed E-state index contributed by atoms with van der Waals surface area (Å²) in [6.45, 7) is 1.72. The Labute approximate surface area is 146 Å². The van der Waals surface area contributed by atoms with Gasteiger partial charge < -0.3 is 20.4 Å². The van der Waals surface area contributed by atoms with Crippen molar-refractivity contribution in [3.63, 3.8) is 0 Å². The van der Waals surface area contributed by atoms with E-state index in [0.29, 0.717) is 18.8 Å². The molecule has 3 rings (SSSR count). The fourth-order valence-electron chi connectivity index (χ4n) is 2.70. The van der Waals surface area contributed by atoms with E-state index < -0.39 is 0 Å². The van der Waals surface area contributed by atoms with Crippen molar-refractivity contribution >= 4 is 22.5 Å². The molecule has 0 saturated carbocycles. The van der Waals surface area contributed by atoms with Crippen molar-refractivity contribution in [1.82, 2.24) is 15.3 Å². The number of hydrogen-bond donors (Lipinski definition) is 3. The number of carbonyl (C=O) groups is 1. The molecule has 0 spiro atoms. The molecule has 6 heteroatoms. The first-order valence-electron chi connectivity index (χ1n) is 8.30. The zero-order valence-corrected chi connectivity index (χ0v) is 14.2. The van der Waals surface area contributed by atoms with Gasteiger partial charge in [0.25, 0.3) is 5.91 Å². The Hall–Kier alpha value is -2.86. The van der Waals surface area contributed by atoms with Gasteiger partial charge >= 0.3 is 0 Å². The number of aromatic nitrogens is 2. The lowest BCUT2D eigenvalue weighted by atomic mass is 10.1. The zero-order valence-electron chi connectivity index (χ0n) is 14.2. The number of methoxy groups -OCH3 is 1. The highest BCUT2D eigenvalue weighted by molar-refractivity contribution is 5.93. The lowest BCUT2D eigenvalue weighted by molar-refractivity contribution is 0.0932. The normalized spacial score (nSPS) is 10.8. The summed E-state index contributed by atoms with van der Waals surface area (Å²) < 4.78 is 4.92. The predicted molar refractivity (Wildman–Crippen MR) is 98.9 cm³/mol. The molecular formula is C19H22N4O2. The van der Waals surface area contributed by atoms with Crippen LogP contribution < -0.4 is 10.6 Å². The smallest absolute Gasteiger partial charge is 0.270 e. The standard InChI is InChI=1S/C19H22N4O2/c1-25-11-10-22-19(24)18-12-15(7-9-21-18)20-8-6-14-13-23-17-5-3-2-4-16(14)17/h2-5,7,9,12-13,23H,6,8,10-11H2,1H3,(H,20,21)(H,22,24). The Morgan fingerprint density at radius 1 is 1.24 bits per heavy atom. The minimum atomic E-state index is -0.197. The van der Waals surface area contributed by atoms with Gasteiger partial charge in [0, 0.05) is 49.2 Å². The maximum Gasteiger partial charge on any atom is 0.270 e. The molecule has 0 saturated heterocycles. The van der Waals surface area contributed by atoms with Crippen molar-refractivity contribution in [3.8, 4) is 0 Å². The SMILES string of the molecule is COCCNC(=O)c1cc(NCCc2c[nH]c3ccccc23)ccn1. The summed E-state index contributed by atoms with van der Waals surface area (Å²) in [6, 6.07) is 11.9.